The summed E-state index contributed by atoms with van der Waals surface area (Å²) in [5.74, 6) is 0.463. The molecule has 0 radical (unpaired) electrons. The van der Waals surface area contributed by atoms with Gasteiger partial charge in [-0.05, 0) is 31.0 Å². The van der Waals surface area contributed by atoms with E-state index in [4.69, 9.17) is 0 Å². The van der Waals surface area contributed by atoms with E-state index < -0.39 is 10.0 Å². The standard InChI is InChI=1S/C12H14N2O2S/c1-3-11-4-6-12(7-5-11)17(15,16)14-9-8-13-10(14)2/h4-9H,3H2,1-2H3. The lowest BCUT2D eigenvalue weighted by molar-refractivity contribution is 0.586. The zero-order valence-corrected chi connectivity index (χ0v) is 10.6. The summed E-state index contributed by atoms with van der Waals surface area (Å²) in [6.45, 7) is 3.70. The normalized spacial score (nSPS) is 11.6. The number of rotatable bonds is 3. The molecule has 0 saturated carbocycles. The van der Waals surface area contributed by atoms with E-state index >= 15 is 0 Å². The molecule has 4 nitrogen and oxygen atoms in total. The molecular weight excluding hydrogens is 236 g/mol. The van der Waals surface area contributed by atoms with Gasteiger partial charge in [0.05, 0.1) is 4.90 Å². The molecule has 1 heterocycles. The van der Waals surface area contributed by atoms with Crippen LogP contribution in [0, 0.1) is 6.92 Å². The number of hydrogen-bond acceptors (Lipinski definition) is 3. The molecule has 0 unspecified atom stereocenters. The minimum atomic E-state index is -3.50. The molecule has 0 amide bonds. The number of nitrogens with zero attached hydrogens (tertiary/aromatic N) is 2. The van der Waals surface area contributed by atoms with Crippen LogP contribution in [0.3, 0.4) is 0 Å². The van der Waals surface area contributed by atoms with Crippen molar-refractivity contribution in [3.63, 3.8) is 0 Å². The minimum Gasteiger partial charge on any atom is -0.241 e. The van der Waals surface area contributed by atoms with Crippen LogP contribution in [0.15, 0.2) is 41.6 Å². The van der Waals surface area contributed by atoms with Crippen LogP contribution in [0.25, 0.3) is 0 Å². The van der Waals surface area contributed by atoms with Gasteiger partial charge in [0.2, 0.25) is 0 Å². The highest BCUT2D eigenvalue weighted by atomic mass is 32.2. The Hall–Kier alpha value is -1.62. The van der Waals surface area contributed by atoms with E-state index in [1.54, 1.807) is 19.1 Å². The Balaban J connectivity index is 2.49. The lowest BCUT2D eigenvalue weighted by Gasteiger charge is -2.07. The van der Waals surface area contributed by atoms with Crippen molar-refractivity contribution < 1.29 is 8.42 Å². The average Bonchev–Trinajstić information content (AvgIpc) is 2.76. The van der Waals surface area contributed by atoms with Gasteiger partial charge in [0.25, 0.3) is 10.0 Å². The molecular formula is C12H14N2O2S. The predicted molar refractivity (Wildman–Crippen MR) is 65.4 cm³/mol. The highest BCUT2D eigenvalue weighted by Crippen LogP contribution is 2.16. The minimum absolute atomic E-state index is 0.288. The van der Waals surface area contributed by atoms with Gasteiger partial charge in [-0.25, -0.2) is 17.4 Å². The molecule has 0 N–H and O–H groups in total. The molecule has 0 atom stereocenters. The van der Waals surface area contributed by atoms with Crippen LogP contribution < -0.4 is 0 Å². The Labute approximate surface area is 101 Å². The van der Waals surface area contributed by atoms with Crippen LogP contribution in [0.5, 0.6) is 0 Å². The molecule has 0 bridgehead atoms. The predicted octanol–water partition coefficient (Wildman–Crippen LogP) is 1.99. The van der Waals surface area contributed by atoms with Gasteiger partial charge >= 0.3 is 0 Å². The monoisotopic (exact) mass is 250 g/mol. The molecule has 17 heavy (non-hydrogen) atoms. The molecule has 0 aliphatic carbocycles. The van der Waals surface area contributed by atoms with Crippen molar-refractivity contribution in [2.75, 3.05) is 0 Å². The second-order valence-corrected chi connectivity index (χ2v) is 5.59. The van der Waals surface area contributed by atoms with Crippen molar-refractivity contribution in [3.8, 4) is 0 Å². The molecule has 90 valence electrons. The van der Waals surface area contributed by atoms with Crippen molar-refractivity contribution in [3.05, 3.63) is 48.0 Å². The molecule has 0 aliphatic rings. The van der Waals surface area contributed by atoms with Gasteiger partial charge < -0.3 is 0 Å². The SMILES string of the molecule is CCc1ccc(S(=O)(=O)n2ccnc2C)cc1. The number of benzene rings is 1. The summed E-state index contributed by atoms with van der Waals surface area (Å²) >= 11 is 0. The summed E-state index contributed by atoms with van der Waals surface area (Å²) in [6.07, 6.45) is 3.83. The number of hydrogen-bond donors (Lipinski definition) is 0. The highest BCUT2D eigenvalue weighted by Gasteiger charge is 2.17. The van der Waals surface area contributed by atoms with Crippen LogP contribution in [-0.4, -0.2) is 17.4 Å². The van der Waals surface area contributed by atoms with Crippen LogP contribution in [0.2, 0.25) is 0 Å². The fourth-order valence-electron chi connectivity index (χ4n) is 1.63. The van der Waals surface area contributed by atoms with E-state index in [0.29, 0.717) is 5.82 Å². The Morgan fingerprint density at radius 1 is 1.24 bits per heavy atom. The van der Waals surface area contributed by atoms with Gasteiger partial charge in [-0.1, -0.05) is 19.1 Å². The summed E-state index contributed by atoms with van der Waals surface area (Å²) in [7, 11) is -3.50. The Bertz CT molecular complexity index is 612. The van der Waals surface area contributed by atoms with Gasteiger partial charge in [0.15, 0.2) is 0 Å². The van der Waals surface area contributed by atoms with E-state index in [1.165, 1.54) is 16.4 Å². The van der Waals surface area contributed by atoms with Crippen LogP contribution in [0.4, 0.5) is 0 Å². The third kappa shape index (κ3) is 2.10. The second kappa shape index (κ2) is 4.33. The molecule has 5 heteroatoms. The van der Waals surface area contributed by atoms with Gasteiger partial charge in [0.1, 0.15) is 5.82 Å². The zero-order chi connectivity index (χ0) is 12.5. The van der Waals surface area contributed by atoms with Crippen molar-refractivity contribution in [1.82, 2.24) is 8.96 Å². The third-order valence-electron chi connectivity index (χ3n) is 2.67. The third-order valence-corrected chi connectivity index (χ3v) is 4.44. The first kappa shape index (κ1) is 11.9. The Kier molecular flexibility index (Phi) is 3.02. The zero-order valence-electron chi connectivity index (χ0n) is 9.79. The summed E-state index contributed by atoms with van der Waals surface area (Å²) in [6, 6.07) is 6.93. The van der Waals surface area contributed by atoms with Gasteiger partial charge in [-0.15, -0.1) is 0 Å². The first-order chi connectivity index (χ1) is 8.05. The number of aryl methyl sites for hydroxylation is 2. The maximum atomic E-state index is 12.2. The lowest BCUT2D eigenvalue weighted by Crippen LogP contribution is -2.13. The molecule has 2 aromatic rings. The molecule has 0 aliphatic heterocycles. The molecule has 1 aromatic carbocycles. The summed E-state index contributed by atoms with van der Waals surface area (Å²) < 4.78 is 25.7. The smallest absolute Gasteiger partial charge is 0.241 e. The largest absolute Gasteiger partial charge is 0.269 e. The van der Waals surface area contributed by atoms with Crippen molar-refractivity contribution in [2.24, 2.45) is 0 Å². The summed E-state index contributed by atoms with van der Waals surface area (Å²) in [5, 5.41) is 0. The van der Waals surface area contributed by atoms with Crippen molar-refractivity contribution in [2.45, 2.75) is 25.2 Å². The molecule has 1 aromatic heterocycles. The fraction of sp³-hybridized carbons (Fsp3) is 0.250. The van der Waals surface area contributed by atoms with E-state index in [0.717, 1.165) is 12.0 Å². The molecule has 0 saturated heterocycles. The maximum absolute atomic E-state index is 12.2. The molecule has 0 spiro atoms. The van der Waals surface area contributed by atoms with Crippen molar-refractivity contribution >= 4 is 10.0 Å². The van der Waals surface area contributed by atoms with E-state index in [-0.39, 0.29) is 4.90 Å². The average molecular weight is 250 g/mol. The first-order valence-electron chi connectivity index (χ1n) is 5.40. The first-order valence-corrected chi connectivity index (χ1v) is 6.84. The number of aromatic nitrogens is 2. The van der Waals surface area contributed by atoms with Crippen LogP contribution >= 0.6 is 0 Å². The van der Waals surface area contributed by atoms with E-state index in [1.807, 2.05) is 19.1 Å². The van der Waals surface area contributed by atoms with E-state index in [2.05, 4.69) is 4.98 Å². The summed E-state index contributed by atoms with van der Waals surface area (Å²) in [4.78, 5) is 4.21. The Morgan fingerprint density at radius 3 is 2.35 bits per heavy atom. The second-order valence-electron chi connectivity index (χ2n) is 3.77. The highest BCUT2D eigenvalue weighted by molar-refractivity contribution is 7.90. The Morgan fingerprint density at radius 2 is 1.88 bits per heavy atom. The van der Waals surface area contributed by atoms with Gasteiger partial charge in [-0.3, -0.25) is 0 Å². The summed E-state index contributed by atoms with van der Waals surface area (Å²) in [5.41, 5.74) is 1.12. The topological polar surface area (TPSA) is 52.0 Å². The molecule has 2 rings (SSSR count). The van der Waals surface area contributed by atoms with Crippen LogP contribution in [0.1, 0.15) is 18.3 Å². The maximum Gasteiger partial charge on any atom is 0.269 e. The molecule has 0 fully saturated rings. The lowest BCUT2D eigenvalue weighted by atomic mass is 10.2. The van der Waals surface area contributed by atoms with Crippen molar-refractivity contribution in [1.29, 1.82) is 0 Å². The van der Waals surface area contributed by atoms with Gasteiger partial charge in [0, 0.05) is 12.4 Å². The fourth-order valence-corrected chi connectivity index (χ4v) is 2.95. The quantitative estimate of drug-likeness (QED) is 0.837. The van der Waals surface area contributed by atoms with Gasteiger partial charge in [-0.2, -0.15) is 0 Å². The van der Waals surface area contributed by atoms with E-state index in [9.17, 15) is 8.42 Å². The number of imidazole rings is 1. The van der Waals surface area contributed by atoms with Crippen LogP contribution in [-0.2, 0) is 16.4 Å².